The number of thiazole rings is 1. The van der Waals surface area contributed by atoms with Crippen LogP contribution in [0.4, 0.5) is 0 Å². The first-order chi connectivity index (χ1) is 11.2. The van der Waals surface area contributed by atoms with Crippen molar-refractivity contribution in [1.82, 2.24) is 20.2 Å². The van der Waals surface area contributed by atoms with E-state index in [0.29, 0.717) is 13.0 Å². The van der Waals surface area contributed by atoms with E-state index in [0.717, 1.165) is 11.3 Å². The minimum absolute atomic E-state index is 0.0153. The van der Waals surface area contributed by atoms with Gasteiger partial charge in [0.05, 0.1) is 23.2 Å². The summed E-state index contributed by atoms with van der Waals surface area (Å²) in [5.41, 5.74) is 3.64. The molecule has 1 fully saturated rings. The van der Waals surface area contributed by atoms with Gasteiger partial charge in [-0.25, -0.2) is 4.98 Å². The molecule has 1 aliphatic rings. The van der Waals surface area contributed by atoms with Gasteiger partial charge < -0.3 is 10.2 Å². The fraction of sp³-hybridized carbons (Fsp3) is 0.375. The van der Waals surface area contributed by atoms with Crippen molar-refractivity contribution in [3.8, 4) is 0 Å². The zero-order chi connectivity index (χ0) is 16.2. The Kier molecular flexibility index (Phi) is 4.66. The van der Waals surface area contributed by atoms with Gasteiger partial charge in [0.2, 0.25) is 11.8 Å². The standard InChI is InChI=1S/C16H18N4O2S/c1-20-14(21)7-13(15(20)11-3-2-5-17-8-11)16(22)18-6-4-12-9-23-10-19-12/h2-3,5,8-10,13,15H,4,6-7H2,1H3,(H,18,22)/t13-,15+/m1/s1. The van der Waals surface area contributed by atoms with Crippen molar-refractivity contribution in [2.45, 2.75) is 18.9 Å². The number of pyridine rings is 1. The fourth-order valence-corrected chi connectivity index (χ4v) is 3.51. The maximum absolute atomic E-state index is 12.5. The first-order valence-electron chi connectivity index (χ1n) is 7.47. The van der Waals surface area contributed by atoms with Crippen LogP contribution in [0.2, 0.25) is 0 Å². The van der Waals surface area contributed by atoms with E-state index in [-0.39, 0.29) is 30.2 Å². The van der Waals surface area contributed by atoms with Crippen molar-refractivity contribution in [1.29, 1.82) is 0 Å². The largest absolute Gasteiger partial charge is 0.355 e. The van der Waals surface area contributed by atoms with E-state index in [4.69, 9.17) is 0 Å². The Labute approximate surface area is 138 Å². The number of carbonyl (C=O) groups excluding carboxylic acids is 2. The summed E-state index contributed by atoms with van der Waals surface area (Å²) in [7, 11) is 1.74. The lowest BCUT2D eigenvalue weighted by molar-refractivity contribution is -0.128. The third-order valence-corrected chi connectivity index (χ3v) is 4.75. The highest BCUT2D eigenvalue weighted by Gasteiger charge is 2.42. The molecule has 0 saturated carbocycles. The summed E-state index contributed by atoms with van der Waals surface area (Å²) in [6.07, 6.45) is 4.33. The summed E-state index contributed by atoms with van der Waals surface area (Å²) in [6.45, 7) is 0.525. The molecular formula is C16H18N4O2S. The molecule has 1 aliphatic heterocycles. The number of nitrogens with zero attached hydrogens (tertiary/aromatic N) is 3. The highest BCUT2D eigenvalue weighted by Crippen LogP contribution is 2.36. The molecule has 2 aromatic rings. The summed E-state index contributed by atoms with van der Waals surface area (Å²) in [4.78, 5) is 34.5. The summed E-state index contributed by atoms with van der Waals surface area (Å²) < 4.78 is 0. The van der Waals surface area contributed by atoms with Crippen molar-refractivity contribution in [3.05, 3.63) is 46.7 Å². The number of nitrogens with one attached hydrogen (secondary N) is 1. The van der Waals surface area contributed by atoms with Gasteiger partial charge in [-0.15, -0.1) is 11.3 Å². The van der Waals surface area contributed by atoms with Gasteiger partial charge in [0.15, 0.2) is 0 Å². The topological polar surface area (TPSA) is 75.2 Å². The molecule has 0 bridgehead atoms. The first-order valence-corrected chi connectivity index (χ1v) is 8.41. The molecule has 1 saturated heterocycles. The molecule has 1 N–H and O–H groups in total. The van der Waals surface area contributed by atoms with Gasteiger partial charge in [-0.3, -0.25) is 14.6 Å². The smallest absolute Gasteiger partial charge is 0.226 e. The minimum atomic E-state index is -0.382. The van der Waals surface area contributed by atoms with Gasteiger partial charge in [0.25, 0.3) is 0 Å². The zero-order valence-corrected chi connectivity index (χ0v) is 13.6. The van der Waals surface area contributed by atoms with E-state index in [1.807, 2.05) is 17.5 Å². The predicted octanol–water partition coefficient (Wildman–Crippen LogP) is 1.42. The quantitative estimate of drug-likeness (QED) is 0.899. The normalized spacial score (nSPS) is 20.7. The molecule has 2 amide bonds. The molecule has 0 radical (unpaired) electrons. The molecule has 0 aliphatic carbocycles. The molecule has 120 valence electrons. The SMILES string of the molecule is CN1C(=O)C[C@@H](C(=O)NCCc2cscn2)[C@@H]1c1cccnc1. The Bertz CT molecular complexity index is 675. The first kappa shape index (κ1) is 15.6. The Balaban J connectivity index is 1.66. The summed E-state index contributed by atoms with van der Waals surface area (Å²) in [6, 6.07) is 3.47. The second-order valence-corrected chi connectivity index (χ2v) is 6.29. The van der Waals surface area contributed by atoms with Gasteiger partial charge >= 0.3 is 0 Å². The Hall–Kier alpha value is -2.28. The number of hydrogen-bond acceptors (Lipinski definition) is 5. The van der Waals surface area contributed by atoms with Crippen molar-refractivity contribution in [2.75, 3.05) is 13.6 Å². The van der Waals surface area contributed by atoms with Gasteiger partial charge in [-0.05, 0) is 11.6 Å². The number of aromatic nitrogens is 2. The number of carbonyl (C=O) groups is 2. The molecule has 0 spiro atoms. The zero-order valence-electron chi connectivity index (χ0n) is 12.8. The van der Waals surface area contributed by atoms with Crippen LogP contribution in [-0.4, -0.2) is 40.3 Å². The maximum atomic E-state index is 12.5. The molecule has 3 rings (SSSR count). The van der Waals surface area contributed by atoms with E-state index in [9.17, 15) is 9.59 Å². The van der Waals surface area contributed by atoms with Crippen LogP contribution in [0.25, 0.3) is 0 Å². The van der Waals surface area contributed by atoms with Crippen LogP contribution in [0.3, 0.4) is 0 Å². The molecule has 0 unspecified atom stereocenters. The van der Waals surface area contributed by atoms with Gasteiger partial charge in [-0.1, -0.05) is 6.07 Å². The molecule has 3 heterocycles. The second kappa shape index (κ2) is 6.87. The van der Waals surface area contributed by atoms with Crippen molar-refractivity contribution >= 4 is 23.2 Å². The average Bonchev–Trinajstić information content (AvgIpc) is 3.17. The maximum Gasteiger partial charge on any atom is 0.226 e. The molecule has 0 aromatic carbocycles. The highest BCUT2D eigenvalue weighted by molar-refractivity contribution is 7.07. The molecule has 6 nitrogen and oxygen atoms in total. The molecule has 23 heavy (non-hydrogen) atoms. The van der Waals surface area contributed by atoms with Gasteiger partial charge in [-0.2, -0.15) is 0 Å². The van der Waals surface area contributed by atoms with Crippen molar-refractivity contribution < 1.29 is 9.59 Å². The molecule has 2 aromatic heterocycles. The van der Waals surface area contributed by atoms with Crippen LogP contribution in [0, 0.1) is 5.92 Å². The summed E-state index contributed by atoms with van der Waals surface area (Å²) in [5.74, 6) is -0.488. The van der Waals surface area contributed by atoms with Gasteiger partial charge in [0, 0.05) is 44.2 Å². The fourth-order valence-electron chi connectivity index (χ4n) is 2.92. The lowest BCUT2D eigenvalue weighted by Crippen LogP contribution is -2.35. The Morgan fingerprint density at radius 3 is 3.09 bits per heavy atom. The number of amides is 2. The third kappa shape index (κ3) is 3.39. The van der Waals surface area contributed by atoms with Crippen LogP contribution < -0.4 is 5.32 Å². The second-order valence-electron chi connectivity index (χ2n) is 5.57. The highest BCUT2D eigenvalue weighted by atomic mass is 32.1. The number of likely N-dealkylation sites (tertiary alicyclic amines) is 1. The lowest BCUT2D eigenvalue weighted by atomic mass is 9.94. The summed E-state index contributed by atoms with van der Waals surface area (Å²) >= 11 is 1.54. The summed E-state index contributed by atoms with van der Waals surface area (Å²) in [5, 5.41) is 4.90. The average molecular weight is 330 g/mol. The van der Waals surface area contributed by atoms with Crippen molar-refractivity contribution in [3.63, 3.8) is 0 Å². The Morgan fingerprint density at radius 2 is 2.39 bits per heavy atom. The number of hydrogen-bond donors (Lipinski definition) is 1. The van der Waals surface area contributed by atoms with Crippen LogP contribution in [0.15, 0.2) is 35.4 Å². The monoisotopic (exact) mass is 330 g/mol. The van der Waals surface area contributed by atoms with E-state index in [2.05, 4.69) is 15.3 Å². The van der Waals surface area contributed by atoms with E-state index in [1.54, 1.807) is 29.9 Å². The Morgan fingerprint density at radius 1 is 1.52 bits per heavy atom. The molecule has 7 heteroatoms. The van der Waals surface area contributed by atoms with E-state index >= 15 is 0 Å². The molecule has 2 atom stereocenters. The van der Waals surface area contributed by atoms with E-state index < -0.39 is 0 Å². The van der Waals surface area contributed by atoms with Crippen LogP contribution >= 0.6 is 11.3 Å². The van der Waals surface area contributed by atoms with Gasteiger partial charge in [0.1, 0.15) is 0 Å². The number of rotatable bonds is 5. The van der Waals surface area contributed by atoms with Crippen LogP contribution in [-0.2, 0) is 16.0 Å². The van der Waals surface area contributed by atoms with Crippen LogP contribution in [0.1, 0.15) is 23.7 Å². The minimum Gasteiger partial charge on any atom is -0.355 e. The van der Waals surface area contributed by atoms with Crippen LogP contribution in [0.5, 0.6) is 0 Å². The van der Waals surface area contributed by atoms with Crippen molar-refractivity contribution in [2.24, 2.45) is 5.92 Å². The third-order valence-electron chi connectivity index (χ3n) is 4.11. The predicted molar refractivity (Wildman–Crippen MR) is 86.7 cm³/mol. The molecular weight excluding hydrogens is 312 g/mol. The lowest BCUT2D eigenvalue weighted by Gasteiger charge is -2.24. The van der Waals surface area contributed by atoms with E-state index in [1.165, 1.54) is 11.3 Å².